The molecule has 1 aromatic carbocycles. The van der Waals surface area contributed by atoms with Crippen molar-refractivity contribution in [3.63, 3.8) is 0 Å². The Morgan fingerprint density at radius 2 is 2.07 bits per heavy atom. The number of aromatic nitrogens is 2. The van der Waals surface area contributed by atoms with Crippen molar-refractivity contribution in [1.82, 2.24) is 25.1 Å². The number of halogens is 1. The van der Waals surface area contributed by atoms with E-state index in [4.69, 9.17) is 0 Å². The second-order valence-corrected chi connectivity index (χ2v) is 6.65. The molecule has 0 aliphatic carbocycles. The number of benzene rings is 1. The van der Waals surface area contributed by atoms with Crippen LogP contribution in [0.1, 0.15) is 35.6 Å². The van der Waals surface area contributed by atoms with Crippen LogP contribution in [0.15, 0.2) is 42.7 Å². The van der Waals surface area contributed by atoms with Crippen LogP contribution in [0.3, 0.4) is 0 Å². The average molecular weight is 392 g/mol. The van der Waals surface area contributed by atoms with Gasteiger partial charge < -0.3 is 20.1 Å². The van der Waals surface area contributed by atoms with Gasteiger partial charge in [0.2, 0.25) is 5.91 Å². The molecule has 146 valence electrons. The van der Waals surface area contributed by atoms with Crippen molar-refractivity contribution in [2.24, 2.45) is 7.05 Å². The molecule has 0 radical (unpaired) electrons. The molecular formula is C19H26ClN5O2. The normalized spacial score (nSPS) is 17.7. The van der Waals surface area contributed by atoms with Gasteiger partial charge in [-0.25, -0.2) is 4.98 Å². The predicted octanol–water partition coefficient (Wildman–Crippen LogP) is 1.52. The fourth-order valence-electron chi connectivity index (χ4n) is 3.26. The van der Waals surface area contributed by atoms with E-state index in [0.717, 1.165) is 12.4 Å². The third kappa shape index (κ3) is 5.08. The molecule has 2 atom stereocenters. The molecule has 2 amide bonds. The van der Waals surface area contributed by atoms with Crippen LogP contribution in [-0.2, 0) is 11.8 Å². The van der Waals surface area contributed by atoms with Gasteiger partial charge in [-0.05, 0) is 19.1 Å². The van der Waals surface area contributed by atoms with Crippen molar-refractivity contribution >= 4 is 24.2 Å². The minimum atomic E-state index is -0.243. The summed E-state index contributed by atoms with van der Waals surface area (Å²) in [5.74, 6) is 0.735. The number of nitrogens with zero attached hydrogens (tertiary/aromatic N) is 3. The van der Waals surface area contributed by atoms with E-state index >= 15 is 0 Å². The van der Waals surface area contributed by atoms with Crippen molar-refractivity contribution in [3.8, 4) is 0 Å². The maximum atomic E-state index is 12.9. The van der Waals surface area contributed by atoms with Crippen molar-refractivity contribution < 1.29 is 9.59 Å². The van der Waals surface area contributed by atoms with E-state index in [2.05, 4.69) is 15.6 Å². The van der Waals surface area contributed by atoms with Gasteiger partial charge in [-0.3, -0.25) is 9.59 Å². The molecule has 0 spiro atoms. The monoisotopic (exact) mass is 391 g/mol. The largest absolute Gasteiger partial charge is 0.349 e. The molecule has 2 N–H and O–H groups in total. The summed E-state index contributed by atoms with van der Waals surface area (Å²) >= 11 is 0. The Bertz CT molecular complexity index is 764. The van der Waals surface area contributed by atoms with Gasteiger partial charge in [0.05, 0.1) is 0 Å². The first-order chi connectivity index (χ1) is 12.6. The molecule has 3 rings (SSSR count). The predicted molar refractivity (Wildman–Crippen MR) is 106 cm³/mol. The topological polar surface area (TPSA) is 79.3 Å². The first-order valence-corrected chi connectivity index (χ1v) is 8.89. The molecule has 7 nitrogen and oxygen atoms in total. The molecule has 1 aliphatic rings. The Morgan fingerprint density at radius 1 is 1.33 bits per heavy atom. The van der Waals surface area contributed by atoms with Crippen LogP contribution in [0.25, 0.3) is 0 Å². The Labute approximate surface area is 165 Å². The number of hydrogen-bond donors (Lipinski definition) is 2. The number of rotatable bonds is 5. The van der Waals surface area contributed by atoms with Crippen molar-refractivity contribution in [1.29, 1.82) is 0 Å². The Morgan fingerprint density at radius 3 is 2.74 bits per heavy atom. The molecule has 2 aromatic rings. The Hall–Kier alpha value is -2.38. The maximum absolute atomic E-state index is 12.9. The van der Waals surface area contributed by atoms with Crippen LogP contribution in [0.4, 0.5) is 0 Å². The summed E-state index contributed by atoms with van der Waals surface area (Å²) < 4.78 is 1.94. The summed E-state index contributed by atoms with van der Waals surface area (Å²) in [5, 5.41) is 6.23. The highest BCUT2D eigenvalue weighted by Crippen LogP contribution is 2.21. The lowest BCUT2D eigenvalue weighted by Crippen LogP contribution is -2.50. The zero-order chi connectivity index (χ0) is 18.5. The average Bonchev–Trinajstić information content (AvgIpc) is 3.08. The number of nitrogens with one attached hydrogen (secondary N) is 2. The third-order valence-electron chi connectivity index (χ3n) is 4.61. The summed E-state index contributed by atoms with van der Waals surface area (Å²) in [4.78, 5) is 31.4. The SMILES string of the molecule is CC(CC(=O)N1CCNCC1c1nccn1C)NC(=O)c1ccccc1.Cl. The quantitative estimate of drug-likeness (QED) is 0.810. The number of amides is 2. The summed E-state index contributed by atoms with van der Waals surface area (Å²) in [6.07, 6.45) is 3.89. The van der Waals surface area contributed by atoms with Gasteiger partial charge in [0.15, 0.2) is 0 Å². The summed E-state index contributed by atoms with van der Waals surface area (Å²) in [5.41, 5.74) is 0.597. The number of imidazole rings is 1. The molecule has 1 aliphatic heterocycles. The lowest BCUT2D eigenvalue weighted by atomic mass is 10.1. The second kappa shape index (κ2) is 9.53. The maximum Gasteiger partial charge on any atom is 0.251 e. The highest BCUT2D eigenvalue weighted by atomic mass is 35.5. The van der Waals surface area contributed by atoms with Crippen LogP contribution in [0, 0.1) is 0 Å². The Balaban J connectivity index is 0.00000261. The lowest BCUT2D eigenvalue weighted by Gasteiger charge is -2.36. The molecule has 1 fully saturated rings. The fraction of sp³-hybridized carbons (Fsp3) is 0.421. The number of piperazine rings is 1. The van der Waals surface area contributed by atoms with Gasteiger partial charge >= 0.3 is 0 Å². The van der Waals surface area contributed by atoms with E-state index in [9.17, 15) is 9.59 Å². The summed E-state index contributed by atoms with van der Waals surface area (Å²) in [7, 11) is 1.93. The molecule has 2 heterocycles. The van der Waals surface area contributed by atoms with E-state index in [0.29, 0.717) is 18.7 Å². The van der Waals surface area contributed by atoms with Crippen molar-refractivity contribution in [3.05, 3.63) is 54.1 Å². The van der Waals surface area contributed by atoms with E-state index in [1.54, 1.807) is 18.3 Å². The van der Waals surface area contributed by atoms with E-state index in [1.165, 1.54) is 0 Å². The highest BCUT2D eigenvalue weighted by Gasteiger charge is 2.31. The minimum absolute atomic E-state index is 0. The van der Waals surface area contributed by atoms with E-state index in [1.807, 2.05) is 47.8 Å². The van der Waals surface area contributed by atoms with Crippen LogP contribution in [0.2, 0.25) is 0 Å². The second-order valence-electron chi connectivity index (χ2n) is 6.65. The molecule has 1 saturated heterocycles. The molecular weight excluding hydrogens is 366 g/mol. The van der Waals surface area contributed by atoms with Crippen LogP contribution < -0.4 is 10.6 Å². The number of aryl methyl sites for hydroxylation is 1. The van der Waals surface area contributed by atoms with Gasteiger partial charge in [-0.2, -0.15) is 0 Å². The summed E-state index contributed by atoms with van der Waals surface area (Å²) in [6.45, 7) is 3.94. The van der Waals surface area contributed by atoms with Crippen LogP contribution in [-0.4, -0.2) is 51.9 Å². The molecule has 8 heteroatoms. The van der Waals surface area contributed by atoms with Crippen LogP contribution in [0.5, 0.6) is 0 Å². The van der Waals surface area contributed by atoms with Gasteiger partial charge in [0.25, 0.3) is 5.91 Å². The lowest BCUT2D eigenvalue weighted by molar-refractivity contribution is -0.135. The Kier molecular flexibility index (Phi) is 7.38. The van der Waals surface area contributed by atoms with E-state index < -0.39 is 0 Å². The van der Waals surface area contributed by atoms with Crippen molar-refractivity contribution in [2.45, 2.75) is 25.4 Å². The first-order valence-electron chi connectivity index (χ1n) is 8.89. The number of carbonyl (C=O) groups excluding carboxylic acids is 2. The number of hydrogen-bond acceptors (Lipinski definition) is 4. The smallest absolute Gasteiger partial charge is 0.251 e. The molecule has 0 saturated carbocycles. The number of carbonyl (C=O) groups is 2. The van der Waals surface area contributed by atoms with Gasteiger partial charge in [-0.1, -0.05) is 18.2 Å². The van der Waals surface area contributed by atoms with Gasteiger partial charge in [0, 0.05) is 57.1 Å². The summed E-state index contributed by atoms with van der Waals surface area (Å²) in [6, 6.07) is 8.70. The first kappa shape index (κ1) is 20.9. The van der Waals surface area contributed by atoms with Crippen molar-refractivity contribution in [2.75, 3.05) is 19.6 Å². The molecule has 2 unspecified atom stereocenters. The molecule has 1 aromatic heterocycles. The van der Waals surface area contributed by atoms with E-state index in [-0.39, 0.29) is 42.7 Å². The van der Waals surface area contributed by atoms with Gasteiger partial charge in [0.1, 0.15) is 11.9 Å². The highest BCUT2D eigenvalue weighted by molar-refractivity contribution is 5.94. The molecule has 0 bridgehead atoms. The van der Waals surface area contributed by atoms with Crippen LogP contribution >= 0.6 is 12.4 Å². The zero-order valence-electron chi connectivity index (χ0n) is 15.6. The molecule has 27 heavy (non-hydrogen) atoms. The fourth-order valence-corrected chi connectivity index (χ4v) is 3.26. The third-order valence-corrected chi connectivity index (χ3v) is 4.61. The van der Waals surface area contributed by atoms with Gasteiger partial charge in [-0.15, -0.1) is 12.4 Å². The minimum Gasteiger partial charge on any atom is -0.349 e. The standard InChI is InChI=1S/C19H25N5O2.ClH/c1-14(22-19(26)15-6-4-3-5-7-15)12-17(25)24-11-8-20-13-16(24)18-21-9-10-23(18)2;/h3-7,9-10,14,16,20H,8,11-13H2,1-2H3,(H,22,26);1H. The zero-order valence-corrected chi connectivity index (χ0v) is 16.4.